The summed E-state index contributed by atoms with van der Waals surface area (Å²) in [5.74, 6) is 2.18. The monoisotopic (exact) mass is 399 g/mol. The molecule has 166 valence electrons. The lowest BCUT2D eigenvalue weighted by molar-refractivity contribution is 0.0119. The quantitative estimate of drug-likeness (QED) is 0.467. The summed E-state index contributed by atoms with van der Waals surface area (Å²) in [7, 11) is 0. The zero-order valence-corrected chi connectivity index (χ0v) is 20.8. The van der Waals surface area contributed by atoms with Crippen LogP contribution in [0.3, 0.4) is 0 Å². The molecule has 0 heterocycles. The summed E-state index contributed by atoms with van der Waals surface area (Å²) in [6.07, 6.45) is 12.7. The largest absolute Gasteiger partial charge is 0.327 e. The van der Waals surface area contributed by atoms with Crippen LogP contribution in [0.4, 0.5) is 0 Å². The van der Waals surface area contributed by atoms with Crippen molar-refractivity contribution in [2.75, 3.05) is 0 Å². The second kappa shape index (κ2) is 7.54. The summed E-state index contributed by atoms with van der Waals surface area (Å²) >= 11 is 0. The lowest BCUT2D eigenvalue weighted by atomic mass is 9.47. The van der Waals surface area contributed by atoms with E-state index in [9.17, 15) is 0 Å². The third kappa shape index (κ3) is 3.12. The first kappa shape index (κ1) is 23.1. The van der Waals surface area contributed by atoms with Crippen molar-refractivity contribution in [3.8, 4) is 0 Å². The first-order chi connectivity index (χ1) is 13.4. The van der Waals surface area contributed by atoms with Crippen LogP contribution < -0.4 is 5.73 Å². The molecule has 29 heavy (non-hydrogen) atoms. The van der Waals surface area contributed by atoms with E-state index in [0.29, 0.717) is 16.7 Å². The van der Waals surface area contributed by atoms with Crippen LogP contribution in [-0.4, -0.2) is 6.04 Å². The maximum Gasteiger partial charge on any atom is 0.00965 e. The second-order valence-electron chi connectivity index (χ2n) is 12.4. The minimum absolute atomic E-state index is 0.109. The summed E-state index contributed by atoms with van der Waals surface area (Å²) in [4.78, 5) is 0. The maximum absolute atomic E-state index is 6.61. The van der Waals surface area contributed by atoms with Crippen LogP contribution in [0, 0.1) is 39.4 Å². The highest BCUT2D eigenvalue weighted by atomic mass is 14.7. The Morgan fingerprint density at radius 3 is 2.34 bits per heavy atom. The van der Waals surface area contributed by atoms with Gasteiger partial charge in [-0.2, -0.15) is 0 Å². The molecule has 0 spiro atoms. The van der Waals surface area contributed by atoms with Crippen LogP contribution >= 0.6 is 0 Å². The SMILES string of the molecule is C=CC1C(C)(C2=C(C)C3(C)CCC(C(C)CCC)C3(C)CC2)CCC(N)C1(C)C. The molecule has 0 aromatic carbocycles. The molecule has 0 amide bonds. The highest BCUT2D eigenvalue weighted by Gasteiger charge is 2.60. The average Bonchev–Trinajstić information content (AvgIpc) is 2.92. The fraction of sp³-hybridized carbons (Fsp3) is 0.857. The van der Waals surface area contributed by atoms with E-state index in [0.717, 1.165) is 18.3 Å². The summed E-state index contributed by atoms with van der Waals surface area (Å²) in [6, 6.07) is 0.273. The van der Waals surface area contributed by atoms with E-state index in [2.05, 4.69) is 68.0 Å². The van der Waals surface area contributed by atoms with Crippen LogP contribution in [-0.2, 0) is 0 Å². The topological polar surface area (TPSA) is 26.0 Å². The molecule has 2 fully saturated rings. The Balaban J connectivity index is 2.04. The third-order valence-electron chi connectivity index (χ3n) is 11.0. The summed E-state index contributed by atoms with van der Waals surface area (Å²) in [6.45, 7) is 24.3. The van der Waals surface area contributed by atoms with Crippen molar-refractivity contribution in [3.63, 3.8) is 0 Å². The average molecular weight is 400 g/mol. The van der Waals surface area contributed by atoms with Gasteiger partial charge in [0.25, 0.3) is 0 Å². The number of nitrogens with two attached hydrogens (primary N) is 1. The fourth-order valence-electron chi connectivity index (χ4n) is 8.66. The van der Waals surface area contributed by atoms with Gasteiger partial charge in [-0.05, 0) is 84.9 Å². The molecule has 3 aliphatic carbocycles. The molecule has 2 N–H and O–H groups in total. The molecular weight excluding hydrogens is 350 g/mol. The molecular formula is C28H49N. The van der Waals surface area contributed by atoms with Crippen molar-refractivity contribution in [1.29, 1.82) is 0 Å². The number of hydrogen-bond acceptors (Lipinski definition) is 1. The summed E-state index contributed by atoms with van der Waals surface area (Å²) in [5.41, 5.74) is 11.2. The van der Waals surface area contributed by atoms with E-state index >= 15 is 0 Å². The Bertz CT molecular complexity index is 672. The van der Waals surface area contributed by atoms with Crippen molar-refractivity contribution in [3.05, 3.63) is 23.8 Å². The molecule has 0 saturated heterocycles. The number of fused-ring (bicyclic) bond motifs is 1. The Morgan fingerprint density at radius 1 is 1.10 bits per heavy atom. The molecule has 2 saturated carbocycles. The van der Waals surface area contributed by atoms with Gasteiger partial charge in [0.1, 0.15) is 0 Å². The van der Waals surface area contributed by atoms with Crippen LogP contribution in [0.25, 0.3) is 0 Å². The van der Waals surface area contributed by atoms with Gasteiger partial charge >= 0.3 is 0 Å². The van der Waals surface area contributed by atoms with Gasteiger partial charge in [-0.1, -0.05) is 78.5 Å². The lowest BCUT2D eigenvalue weighted by Crippen LogP contribution is -2.54. The number of hydrogen-bond donors (Lipinski definition) is 1. The molecule has 3 rings (SSSR count). The van der Waals surface area contributed by atoms with Gasteiger partial charge in [0, 0.05) is 6.04 Å². The predicted molar refractivity (Wildman–Crippen MR) is 128 cm³/mol. The van der Waals surface area contributed by atoms with Crippen molar-refractivity contribution in [2.45, 2.75) is 113 Å². The highest BCUT2D eigenvalue weighted by molar-refractivity contribution is 5.36. The molecule has 7 unspecified atom stereocenters. The first-order valence-corrected chi connectivity index (χ1v) is 12.5. The van der Waals surface area contributed by atoms with Gasteiger partial charge < -0.3 is 5.73 Å². The van der Waals surface area contributed by atoms with E-state index in [1.807, 2.05) is 0 Å². The fourth-order valence-corrected chi connectivity index (χ4v) is 8.66. The Hall–Kier alpha value is -0.560. The molecule has 3 aliphatic rings. The van der Waals surface area contributed by atoms with E-state index in [-0.39, 0.29) is 16.9 Å². The first-order valence-electron chi connectivity index (χ1n) is 12.5. The molecule has 1 nitrogen and oxygen atoms in total. The molecule has 0 aromatic heterocycles. The van der Waals surface area contributed by atoms with E-state index in [1.165, 1.54) is 44.9 Å². The van der Waals surface area contributed by atoms with E-state index in [4.69, 9.17) is 5.73 Å². The van der Waals surface area contributed by atoms with Crippen LogP contribution in [0.5, 0.6) is 0 Å². The van der Waals surface area contributed by atoms with Gasteiger partial charge in [0.05, 0.1) is 0 Å². The van der Waals surface area contributed by atoms with Crippen LogP contribution in [0.15, 0.2) is 23.8 Å². The van der Waals surface area contributed by atoms with Crippen molar-refractivity contribution in [2.24, 2.45) is 45.1 Å². The normalized spacial score (nSPS) is 45.8. The minimum Gasteiger partial charge on any atom is -0.327 e. The Morgan fingerprint density at radius 2 is 1.76 bits per heavy atom. The predicted octanol–water partition coefficient (Wildman–Crippen LogP) is 7.91. The van der Waals surface area contributed by atoms with Gasteiger partial charge in [-0.3, -0.25) is 0 Å². The van der Waals surface area contributed by atoms with Gasteiger partial charge in [-0.25, -0.2) is 0 Å². The van der Waals surface area contributed by atoms with Crippen molar-refractivity contribution >= 4 is 0 Å². The molecule has 0 aliphatic heterocycles. The zero-order valence-electron chi connectivity index (χ0n) is 20.8. The molecule has 0 aromatic rings. The molecule has 1 heteroatoms. The third-order valence-corrected chi connectivity index (χ3v) is 11.0. The van der Waals surface area contributed by atoms with Crippen molar-refractivity contribution < 1.29 is 0 Å². The molecule has 0 bridgehead atoms. The summed E-state index contributed by atoms with van der Waals surface area (Å²) in [5, 5.41) is 0. The van der Waals surface area contributed by atoms with E-state index in [1.54, 1.807) is 11.1 Å². The molecule has 7 atom stereocenters. The maximum atomic E-state index is 6.61. The van der Waals surface area contributed by atoms with Gasteiger partial charge in [0.15, 0.2) is 0 Å². The van der Waals surface area contributed by atoms with Gasteiger partial charge in [-0.15, -0.1) is 6.58 Å². The number of rotatable bonds is 5. The van der Waals surface area contributed by atoms with Gasteiger partial charge in [0.2, 0.25) is 0 Å². The summed E-state index contributed by atoms with van der Waals surface area (Å²) < 4.78 is 0. The lowest BCUT2D eigenvalue weighted by Gasteiger charge is -2.58. The standard InChI is InChI=1S/C28H49N/c1-10-12-19(3)21-13-17-27(8)20(4)22(14-18-28(21,27)9)26(7)16-15-24(29)25(5,6)23(26)11-2/h11,19,21,23-24H,2,10,12-18,29H2,1,3-9H3. The minimum atomic E-state index is 0.109. The van der Waals surface area contributed by atoms with E-state index < -0.39 is 0 Å². The molecule has 0 radical (unpaired) electrons. The zero-order chi connectivity index (χ0) is 21.8. The van der Waals surface area contributed by atoms with Crippen molar-refractivity contribution in [1.82, 2.24) is 0 Å². The van der Waals surface area contributed by atoms with Crippen LogP contribution in [0.1, 0.15) is 107 Å². The Labute approximate surface area is 182 Å². The highest BCUT2D eigenvalue weighted by Crippen LogP contribution is 2.69. The number of allylic oxidation sites excluding steroid dienone is 3. The van der Waals surface area contributed by atoms with Crippen LogP contribution in [0.2, 0.25) is 0 Å². The smallest absolute Gasteiger partial charge is 0.00965 e. The second-order valence-corrected chi connectivity index (χ2v) is 12.4. The Kier molecular flexibility index (Phi) is 6.01.